The number of benzene rings is 1. The molecule has 0 aliphatic carbocycles. The molecule has 0 fully saturated rings. The van der Waals surface area contributed by atoms with E-state index in [1.807, 2.05) is 7.05 Å². The monoisotopic (exact) mass is 192 g/mol. The van der Waals surface area contributed by atoms with E-state index < -0.39 is 0 Å². The Kier molecular flexibility index (Phi) is 3.96. The molecule has 0 radical (unpaired) electrons. The van der Waals surface area contributed by atoms with Crippen LogP contribution in [0.25, 0.3) is 0 Å². The van der Waals surface area contributed by atoms with E-state index in [0.717, 1.165) is 0 Å². The molecular weight excluding hydrogens is 172 g/mol. The zero-order chi connectivity index (χ0) is 10.6. The molecule has 0 aliphatic heterocycles. The van der Waals surface area contributed by atoms with Gasteiger partial charge in [-0.3, -0.25) is 0 Å². The highest BCUT2D eigenvalue weighted by atomic mass is 14.9. The summed E-state index contributed by atoms with van der Waals surface area (Å²) in [5.74, 6) is 0. The fourth-order valence-corrected chi connectivity index (χ4v) is 1.37. The van der Waals surface area contributed by atoms with Crippen molar-refractivity contribution in [3.8, 4) is 0 Å². The molecule has 0 saturated carbocycles. The summed E-state index contributed by atoms with van der Waals surface area (Å²) in [5, 5.41) is 6.59. The van der Waals surface area contributed by atoms with Crippen LogP contribution in [0.5, 0.6) is 0 Å². The maximum atomic E-state index is 3.37. The van der Waals surface area contributed by atoms with Gasteiger partial charge in [0.1, 0.15) is 0 Å². The van der Waals surface area contributed by atoms with Gasteiger partial charge in [-0.25, -0.2) is 0 Å². The van der Waals surface area contributed by atoms with E-state index in [1.54, 1.807) is 0 Å². The van der Waals surface area contributed by atoms with Crippen molar-refractivity contribution in [2.45, 2.75) is 32.9 Å². The number of anilines is 1. The molecule has 14 heavy (non-hydrogen) atoms. The average Bonchev–Trinajstić information content (AvgIpc) is 2.17. The Labute approximate surface area is 86.7 Å². The third kappa shape index (κ3) is 3.04. The SMILES string of the molecule is CN[C@@H](C)c1ccc(NC(C)C)cc1. The lowest BCUT2D eigenvalue weighted by molar-refractivity contribution is 0.652. The van der Waals surface area contributed by atoms with Gasteiger partial charge >= 0.3 is 0 Å². The molecule has 0 heterocycles. The van der Waals surface area contributed by atoms with Crippen LogP contribution in [0.2, 0.25) is 0 Å². The molecule has 0 aromatic heterocycles. The normalized spacial score (nSPS) is 12.9. The van der Waals surface area contributed by atoms with Crippen LogP contribution in [0.1, 0.15) is 32.4 Å². The quantitative estimate of drug-likeness (QED) is 0.766. The van der Waals surface area contributed by atoms with E-state index in [4.69, 9.17) is 0 Å². The van der Waals surface area contributed by atoms with Gasteiger partial charge in [0.05, 0.1) is 0 Å². The Morgan fingerprint density at radius 1 is 1.00 bits per heavy atom. The van der Waals surface area contributed by atoms with Crippen molar-refractivity contribution in [1.29, 1.82) is 0 Å². The molecule has 0 saturated heterocycles. The van der Waals surface area contributed by atoms with Crippen LogP contribution in [0.15, 0.2) is 24.3 Å². The van der Waals surface area contributed by atoms with Crippen molar-refractivity contribution in [3.05, 3.63) is 29.8 Å². The molecule has 0 spiro atoms. The van der Waals surface area contributed by atoms with Crippen LogP contribution >= 0.6 is 0 Å². The highest BCUT2D eigenvalue weighted by Gasteiger charge is 2.01. The lowest BCUT2D eigenvalue weighted by Crippen LogP contribution is -2.13. The smallest absolute Gasteiger partial charge is 0.0342 e. The van der Waals surface area contributed by atoms with Gasteiger partial charge in [0.25, 0.3) is 0 Å². The Bertz CT molecular complexity index is 264. The summed E-state index contributed by atoms with van der Waals surface area (Å²) in [6.07, 6.45) is 0. The molecule has 0 amide bonds. The minimum atomic E-state index is 0.420. The lowest BCUT2D eigenvalue weighted by Gasteiger charge is -2.13. The standard InChI is InChI=1S/C12H20N2/c1-9(2)14-12-7-5-11(6-8-12)10(3)13-4/h5-10,13-14H,1-4H3/t10-/m0/s1. The third-order valence-corrected chi connectivity index (χ3v) is 2.30. The van der Waals surface area contributed by atoms with E-state index in [-0.39, 0.29) is 0 Å². The van der Waals surface area contributed by atoms with Crippen LogP contribution in [0.3, 0.4) is 0 Å². The zero-order valence-corrected chi connectivity index (χ0v) is 9.46. The van der Waals surface area contributed by atoms with Crippen LogP contribution < -0.4 is 10.6 Å². The first kappa shape index (κ1) is 11.1. The van der Waals surface area contributed by atoms with E-state index in [9.17, 15) is 0 Å². The van der Waals surface area contributed by atoms with Crippen molar-refractivity contribution in [2.24, 2.45) is 0 Å². The van der Waals surface area contributed by atoms with E-state index in [0.29, 0.717) is 12.1 Å². The molecule has 2 nitrogen and oxygen atoms in total. The predicted octanol–water partition coefficient (Wildman–Crippen LogP) is 2.79. The summed E-state index contributed by atoms with van der Waals surface area (Å²) in [6, 6.07) is 9.48. The van der Waals surface area contributed by atoms with Gasteiger partial charge in [0.15, 0.2) is 0 Å². The van der Waals surface area contributed by atoms with Crippen LogP contribution in [0.4, 0.5) is 5.69 Å². The van der Waals surface area contributed by atoms with Gasteiger partial charge in [-0.15, -0.1) is 0 Å². The van der Waals surface area contributed by atoms with Gasteiger partial charge < -0.3 is 10.6 Å². The van der Waals surface area contributed by atoms with Gasteiger partial charge in [0.2, 0.25) is 0 Å². The lowest BCUT2D eigenvalue weighted by atomic mass is 10.1. The van der Waals surface area contributed by atoms with Gasteiger partial charge in [0, 0.05) is 17.8 Å². The zero-order valence-electron chi connectivity index (χ0n) is 9.46. The van der Waals surface area contributed by atoms with E-state index in [2.05, 4.69) is 55.7 Å². The molecule has 1 aromatic rings. The summed E-state index contributed by atoms with van der Waals surface area (Å²) in [7, 11) is 1.98. The first-order chi connectivity index (χ1) is 6.63. The molecule has 78 valence electrons. The molecule has 1 aromatic carbocycles. The summed E-state index contributed by atoms with van der Waals surface area (Å²) < 4.78 is 0. The maximum absolute atomic E-state index is 3.37. The summed E-state index contributed by atoms with van der Waals surface area (Å²) in [5.41, 5.74) is 2.51. The second-order valence-corrected chi connectivity index (χ2v) is 3.93. The minimum absolute atomic E-state index is 0.420. The highest BCUT2D eigenvalue weighted by Crippen LogP contribution is 2.15. The fraction of sp³-hybridized carbons (Fsp3) is 0.500. The largest absolute Gasteiger partial charge is 0.383 e. The van der Waals surface area contributed by atoms with Crippen LogP contribution in [0, 0.1) is 0 Å². The molecule has 1 rings (SSSR count). The number of rotatable bonds is 4. The van der Waals surface area contributed by atoms with Crippen molar-refractivity contribution < 1.29 is 0 Å². The third-order valence-electron chi connectivity index (χ3n) is 2.30. The van der Waals surface area contributed by atoms with E-state index in [1.165, 1.54) is 11.3 Å². The Hall–Kier alpha value is -1.02. The van der Waals surface area contributed by atoms with E-state index >= 15 is 0 Å². The topological polar surface area (TPSA) is 24.1 Å². The summed E-state index contributed by atoms with van der Waals surface area (Å²) in [6.45, 7) is 6.44. The molecule has 0 unspecified atom stereocenters. The Morgan fingerprint density at radius 2 is 1.57 bits per heavy atom. The fourth-order valence-electron chi connectivity index (χ4n) is 1.37. The molecule has 2 heteroatoms. The van der Waals surface area contributed by atoms with Crippen molar-refractivity contribution >= 4 is 5.69 Å². The second-order valence-electron chi connectivity index (χ2n) is 3.93. The molecule has 0 bridgehead atoms. The summed E-state index contributed by atoms with van der Waals surface area (Å²) in [4.78, 5) is 0. The van der Waals surface area contributed by atoms with Crippen LogP contribution in [-0.4, -0.2) is 13.1 Å². The number of hydrogen-bond donors (Lipinski definition) is 2. The van der Waals surface area contributed by atoms with Crippen molar-refractivity contribution in [3.63, 3.8) is 0 Å². The average molecular weight is 192 g/mol. The Morgan fingerprint density at radius 3 is 2.00 bits per heavy atom. The maximum Gasteiger partial charge on any atom is 0.0342 e. The molecule has 2 N–H and O–H groups in total. The summed E-state index contributed by atoms with van der Waals surface area (Å²) >= 11 is 0. The van der Waals surface area contributed by atoms with Gasteiger partial charge in [-0.2, -0.15) is 0 Å². The first-order valence-corrected chi connectivity index (χ1v) is 5.17. The minimum Gasteiger partial charge on any atom is -0.383 e. The van der Waals surface area contributed by atoms with Gasteiger partial charge in [-0.1, -0.05) is 12.1 Å². The van der Waals surface area contributed by atoms with Crippen molar-refractivity contribution in [1.82, 2.24) is 5.32 Å². The second kappa shape index (κ2) is 5.01. The predicted molar refractivity (Wildman–Crippen MR) is 62.7 cm³/mol. The Balaban J connectivity index is 2.68. The highest BCUT2D eigenvalue weighted by molar-refractivity contribution is 5.45. The molecular formula is C12H20N2. The van der Waals surface area contributed by atoms with Gasteiger partial charge in [-0.05, 0) is 45.5 Å². The molecule has 0 aliphatic rings. The number of nitrogens with one attached hydrogen (secondary N) is 2. The van der Waals surface area contributed by atoms with Crippen LogP contribution in [-0.2, 0) is 0 Å². The number of hydrogen-bond acceptors (Lipinski definition) is 2. The molecule has 1 atom stereocenters. The van der Waals surface area contributed by atoms with Crippen molar-refractivity contribution in [2.75, 3.05) is 12.4 Å². The first-order valence-electron chi connectivity index (χ1n) is 5.17.